The predicted molar refractivity (Wildman–Crippen MR) is 87.8 cm³/mol. The molecule has 7 heteroatoms. The van der Waals surface area contributed by atoms with Gasteiger partial charge in [0.1, 0.15) is 0 Å². The normalized spacial score (nSPS) is 11.4. The van der Waals surface area contributed by atoms with E-state index < -0.39 is 10.0 Å². The summed E-state index contributed by atoms with van der Waals surface area (Å²) in [5.74, 6) is -0.171. The molecule has 0 amide bonds. The first kappa shape index (κ1) is 16.3. The lowest BCUT2D eigenvalue weighted by Crippen LogP contribution is -2.15. The second kappa shape index (κ2) is 6.79. The highest BCUT2D eigenvalue weighted by atomic mass is 79.9. The first-order chi connectivity index (χ1) is 9.89. The lowest BCUT2D eigenvalue weighted by atomic mass is 10.1. The molecular formula is C14H13BrClNO3S. The second-order valence-corrected chi connectivity index (χ2v) is 7.48. The Balaban J connectivity index is 2.18. The third kappa shape index (κ3) is 4.71. The lowest BCUT2D eigenvalue weighted by Gasteiger charge is -2.10. The maximum atomic E-state index is 12.2. The van der Waals surface area contributed by atoms with Gasteiger partial charge in [-0.15, -0.1) is 0 Å². The maximum Gasteiger partial charge on any atom is 0.236 e. The van der Waals surface area contributed by atoms with Crippen molar-refractivity contribution in [3.05, 3.63) is 63.1 Å². The summed E-state index contributed by atoms with van der Waals surface area (Å²) in [5.41, 5.74) is 1.72. The Hall–Kier alpha value is -1.08. The largest absolute Gasteiger partial charge is 0.392 e. The van der Waals surface area contributed by atoms with Crippen LogP contribution in [0.1, 0.15) is 11.1 Å². The van der Waals surface area contributed by atoms with E-state index in [1.165, 1.54) is 0 Å². The van der Waals surface area contributed by atoms with Crippen LogP contribution < -0.4 is 4.72 Å². The Labute approximate surface area is 136 Å². The van der Waals surface area contributed by atoms with Crippen molar-refractivity contribution < 1.29 is 13.5 Å². The van der Waals surface area contributed by atoms with Crippen LogP contribution >= 0.6 is 27.5 Å². The van der Waals surface area contributed by atoms with Crippen LogP contribution in [-0.4, -0.2) is 13.5 Å². The summed E-state index contributed by atoms with van der Waals surface area (Å²) in [4.78, 5) is 0. The first-order valence-corrected chi connectivity index (χ1v) is 8.86. The molecule has 0 aliphatic heterocycles. The molecule has 0 bridgehead atoms. The predicted octanol–water partition coefficient (Wildman–Crippen LogP) is 3.54. The minimum atomic E-state index is -3.55. The standard InChI is InChI=1S/C14H13BrClNO3S/c15-13-7-12(16)4-5-14(13)17-21(19,20)9-11-3-1-2-10(6-11)8-18/h1-7,17-18H,8-9H2. The number of anilines is 1. The zero-order chi connectivity index (χ0) is 15.5. The smallest absolute Gasteiger partial charge is 0.236 e. The van der Waals surface area contributed by atoms with Gasteiger partial charge < -0.3 is 5.11 Å². The molecule has 0 aliphatic rings. The van der Waals surface area contributed by atoms with E-state index in [2.05, 4.69) is 20.7 Å². The summed E-state index contributed by atoms with van der Waals surface area (Å²) in [5, 5.41) is 9.59. The molecule has 2 aromatic rings. The van der Waals surface area contributed by atoms with E-state index >= 15 is 0 Å². The Morgan fingerprint density at radius 2 is 1.86 bits per heavy atom. The molecule has 0 unspecified atom stereocenters. The number of aliphatic hydroxyl groups is 1. The van der Waals surface area contributed by atoms with E-state index in [1.807, 2.05) is 0 Å². The van der Waals surface area contributed by atoms with E-state index in [0.717, 1.165) is 0 Å². The van der Waals surface area contributed by atoms with E-state index in [0.29, 0.717) is 26.3 Å². The third-order valence-electron chi connectivity index (χ3n) is 2.73. The maximum absolute atomic E-state index is 12.2. The van der Waals surface area contributed by atoms with Crippen molar-refractivity contribution in [2.24, 2.45) is 0 Å². The quantitative estimate of drug-likeness (QED) is 0.820. The molecule has 0 saturated heterocycles. The van der Waals surface area contributed by atoms with E-state index in [-0.39, 0.29) is 12.4 Å². The molecule has 0 spiro atoms. The third-order valence-corrected chi connectivity index (χ3v) is 4.86. The molecule has 0 aliphatic carbocycles. The Kier molecular flexibility index (Phi) is 5.27. The molecule has 2 N–H and O–H groups in total. The van der Waals surface area contributed by atoms with Crippen LogP contribution in [-0.2, 0) is 22.4 Å². The van der Waals surface area contributed by atoms with Crippen molar-refractivity contribution in [3.8, 4) is 0 Å². The number of benzene rings is 2. The van der Waals surface area contributed by atoms with Crippen molar-refractivity contribution in [2.45, 2.75) is 12.4 Å². The number of sulfonamides is 1. The van der Waals surface area contributed by atoms with Crippen LogP contribution in [0.5, 0.6) is 0 Å². The van der Waals surface area contributed by atoms with Gasteiger partial charge >= 0.3 is 0 Å². The first-order valence-electron chi connectivity index (χ1n) is 6.04. The molecule has 0 saturated carbocycles. The fraction of sp³-hybridized carbons (Fsp3) is 0.143. The van der Waals surface area contributed by atoms with Crippen LogP contribution in [0.3, 0.4) is 0 Å². The van der Waals surface area contributed by atoms with Crippen LogP contribution in [0.4, 0.5) is 5.69 Å². The molecule has 0 fully saturated rings. The van der Waals surface area contributed by atoms with Gasteiger partial charge in [-0.3, -0.25) is 4.72 Å². The number of halogens is 2. The van der Waals surface area contributed by atoms with Crippen LogP contribution in [0, 0.1) is 0 Å². The fourth-order valence-corrected chi connectivity index (χ4v) is 3.93. The number of nitrogens with one attached hydrogen (secondary N) is 1. The van der Waals surface area contributed by atoms with Gasteiger partial charge in [0.15, 0.2) is 0 Å². The molecule has 0 heterocycles. The Morgan fingerprint density at radius 3 is 2.52 bits per heavy atom. The van der Waals surface area contributed by atoms with E-state index in [4.69, 9.17) is 16.7 Å². The monoisotopic (exact) mass is 389 g/mol. The van der Waals surface area contributed by atoms with Gasteiger partial charge in [0.2, 0.25) is 10.0 Å². The van der Waals surface area contributed by atoms with Gasteiger partial charge in [0.05, 0.1) is 18.0 Å². The molecule has 0 aromatic heterocycles. The lowest BCUT2D eigenvalue weighted by molar-refractivity contribution is 0.282. The summed E-state index contributed by atoms with van der Waals surface area (Å²) >= 11 is 9.08. The number of hydrogen-bond acceptors (Lipinski definition) is 3. The zero-order valence-electron chi connectivity index (χ0n) is 10.9. The average molecular weight is 391 g/mol. The van der Waals surface area contributed by atoms with Gasteiger partial charge in [-0.05, 0) is 45.3 Å². The fourth-order valence-electron chi connectivity index (χ4n) is 1.81. The van der Waals surface area contributed by atoms with Gasteiger partial charge in [-0.2, -0.15) is 0 Å². The molecule has 2 rings (SSSR count). The van der Waals surface area contributed by atoms with Crippen LogP contribution in [0.25, 0.3) is 0 Å². The summed E-state index contributed by atoms with van der Waals surface area (Å²) in [6.45, 7) is -0.121. The van der Waals surface area contributed by atoms with Gasteiger partial charge in [0.25, 0.3) is 0 Å². The molecule has 0 radical (unpaired) electrons. The molecule has 2 aromatic carbocycles. The average Bonchev–Trinajstić information content (AvgIpc) is 2.41. The van der Waals surface area contributed by atoms with Crippen molar-refractivity contribution in [1.29, 1.82) is 0 Å². The number of aliphatic hydroxyl groups excluding tert-OH is 1. The van der Waals surface area contributed by atoms with Gasteiger partial charge in [-0.25, -0.2) is 8.42 Å². The highest BCUT2D eigenvalue weighted by molar-refractivity contribution is 9.10. The SMILES string of the molecule is O=S(=O)(Cc1cccc(CO)c1)Nc1ccc(Cl)cc1Br. The molecular weight excluding hydrogens is 378 g/mol. The van der Waals surface area contributed by atoms with E-state index in [9.17, 15) is 8.42 Å². The second-order valence-electron chi connectivity index (χ2n) is 4.46. The Bertz CT molecular complexity index is 750. The van der Waals surface area contributed by atoms with Crippen molar-refractivity contribution in [2.75, 3.05) is 4.72 Å². The summed E-state index contributed by atoms with van der Waals surface area (Å²) in [7, 11) is -3.55. The van der Waals surface area contributed by atoms with Crippen LogP contribution in [0.2, 0.25) is 5.02 Å². The highest BCUT2D eigenvalue weighted by Gasteiger charge is 2.14. The van der Waals surface area contributed by atoms with Gasteiger partial charge in [0, 0.05) is 9.50 Å². The highest BCUT2D eigenvalue weighted by Crippen LogP contribution is 2.27. The summed E-state index contributed by atoms with van der Waals surface area (Å²) in [6.07, 6.45) is 0. The van der Waals surface area contributed by atoms with E-state index in [1.54, 1.807) is 42.5 Å². The van der Waals surface area contributed by atoms with Crippen molar-refractivity contribution in [3.63, 3.8) is 0 Å². The molecule has 112 valence electrons. The van der Waals surface area contributed by atoms with Crippen molar-refractivity contribution in [1.82, 2.24) is 0 Å². The Morgan fingerprint density at radius 1 is 1.14 bits per heavy atom. The molecule has 0 atom stereocenters. The summed E-state index contributed by atoms with van der Waals surface area (Å²) < 4.78 is 27.4. The van der Waals surface area contributed by atoms with Crippen molar-refractivity contribution >= 4 is 43.2 Å². The zero-order valence-corrected chi connectivity index (χ0v) is 14.0. The van der Waals surface area contributed by atoms with Gasteiger partial charge in [-0.1, -0.05) is 35.9 Å². The number of rotatable bonds is 5. The molecule has 21 heavy (non-hydrogen) atoms. The topological polar surface area (TPSA) is 66.4 Å². The number of hydrogen-bond donors (Lipinski definition) is 2. The minimum Gasteiger partial charge on any atom is -0.392 e. The summed E-state index contributed by atoms with van der Waals surface area (Å²) in [6, 6.07) is 11.6. The van der Waals surface area contributed by atoms with Crippen LogP contribution in [0.15, 0.2) is 46.9 Å². The minimum absolute atomic E-state index is 0.121. The molecule has 4 nitrogen and oxygen atoms in total.